The van der Waals surface area contributed by atoms with Crippen molar-refractivity contribution in [3.05, 3.63) is 65.7 Å². The summed E-state index contributed by atoms with van der Waals surface area (Å²) in [6.07, 6.45) is 1.41. The highest BCUT2D eigenvalue weighted by Crippen LogP contribution is 2.21. The SMILES string of the molecule is COc1ccc(C(C)CC(=O)NCC(Cc2ccccc2)N2CCOCC2)cc1. The third kappa shape index (κ3) is 6.58. The summed E-state index contributed by atoms with van der Waals surface area (Å²) in [4.78, 5) is 15.0. The van der Waals surface area contributed by atoms with Crippen LogP contribution < -0.4 is 10.1 Å². The topological polar surface area (TPSA) is 50.8 Å². The Hall–Kier alpha value is -2.37. The monoisotopic (exact) mass is 396 g/mol. The van der Waals surface area contributed by atoms with E-state index in [0.29, 0.717) is 13.0 Å². The van der Waals surface area contributed by atoms with Gasteiger partial charge in [-0.3, -0.25) is 9.69 Å². The smallest absolute Gasteiger partial charge is 0.220 e. The van der Waals surface area contributed by atoms with Crippen molar-refractivity contribution in [3.63, 3.8) is 0 Å². The second-order valence-electron chi connectivity index (χ2n) is 7.67. The molecule has 1 saturated heterocycles. The molecule has 5 nitrogen and oxygen atoms in total. The summed E-state index contributed by atoms with van der Waals surface area (Å²) in [6.45, 7) is 6.08. The molecule has 1 fully saturated rings. The lowest BCUT2D eigenvalue weighted by molar-refractivity contribution is -0.121. The number of carbonyl (C=O) groups is 1. The molecule has 1 aliphatic rings. The van der Waals surface area contributed by atoms with Crippen LogP contribution in [0, 0.1) is 0 Å². The van der Waals surface area contributed by atoms with E-state index in [2.05, 4.69) is 41.4 Å². The van der Waals surface area contributed by atoms with Crippen molar-refractivity contribution in [2.24, 2.45) is 0 Å². The van der Waals surface area contributed by atoms with E-state index in [9.17, 15) is 4.79 Å². The third-order valence-electron chi connectivity index (χ3n) is 5.59. The predicted octanol–water partition coefficient (Wildman–Crippen LogP) is 3.25. The van der Waals surface area contributed by atoms with Crippen molar-refractivity contribution in [1.29, 1.82) is 0 Å². The van der Waals surface area contributed by atoms with E-state index in [1.54, 1.807) is 7.11 Å². The molecule has 2 unspecified atom stereocenters. The second kappa shape index (κ2) is 11.0. The van der Waals surface area contributed by atoms with E-state index < -0.39 is 0 Å². The highest BCUT2D eigenvalue weighted by Gasteiger charge is 2.22. The fraction of sp³-hybridized carbons (Fsp3) is 0.458. The minimum Gasteiger partial charge on any atom is -0.497 e. The zero-order valence-corrected chi connectivity index (χ0v) is 17.5. The van der Waals surface area contributed by atoms with Crippen LogP contribution in [0.15, 0.2) is 54.6 Å². The van der Waals surface area contributed by atoms with Gasteiger partial charge >= 0.3 is 0 Å². The minimum absolute atomic E-state index is 0.0969. The van der Waals surface area contributed by atoms with E-state index in [4.69, 9.17) is 9.47 Å². The van der Waals surface area contributed by atoms with Gasteiger partial charge in [0.25, 0.3) is 0 Å². The fourth-order valence-corrected chi connectivity index (χ4v) is 3.79. The van der Waals surface area contributed by atoms with Gasteiger partial charge in [0, 0.05) is 32.1 Å². The first-order chi connectivity index (χ1) is 14.2. The number of amides is 1. The number of hydrogen-bond donors (Lipinski definition) is 1. The molecule has 29 heavy (non-hydrogen) atoms. The molecule has 1 N–H and O–H groups in total. The molecule has 1 aliphatic heterocycles. The van der Waals surface area contributed by atoms with Gasteiger partial charge in [0.05, 0.1) is 20.3 Å². The van der Waals surface area contributed by atoms with Gasteiger partial charge in [0.1, 0.15) is 5.75 Å². The lowest BCUT2D eigenvalue weighted by Gasteiger charge is -2.34. The predicted molar refractivity (Wildman–Crippen MR) is 115 cm³/mol. The molecule has 0 aliphatic carbocycles. The van der Waals surface area contributed by atoms with Crippen LogP contribution in [0.3, 0.4) is 0 Å². The first-order valence-electron chi connectivity index (χ1n) is 10.4. The molecular formula is C24H32N2O3. The molecule has 5 heteroatoms. The Morgan fingerprint density at radius 2 is 1.79 bits per heavy atom. The van der Waals surface area contributed by atoms with Gasteiger partial charge in [-0.05, 0) is 35.6 Å². The molecule has 0 spiro atoms. The van der Waals surface area contributed by atoms with Crippen molar-refractivity contribution in [2.45, 2.75) is 31.7 Å². The molecule has 3 rings (SSSR count). The van der Waals surface area contributed by atoms with Crippen LogP contribution in [-0.2, 0) is 16.0 Å². The maximum atomic E-state index is 12.6. The number of carbonyl (C=O) groups excluding carboxylic acids is 1. The standard InChI is InChI=1S/C24H32N2O3/c1-19(21-8-10-23(28-2)11-9-21)16-24(27)25-18-22(26-12-14-29-15-13-26)17-20-6-4-3-5-7-20/h3-11,19,22H,12-18H2,1-2H3,(H,25,27). The highest BCUT2D eigenvalue weighted by atomic mass is 16.5. The molecule has 156 valence electrons. The minimum atomic E-state index is 0.0969. The Morgan fingerprint density at radius 1 is 1.10 bits per heavy atom. The van der Waals surface area contributed by atoms with Crippen LogP contribution in [0.1, 0.15) is 30.4 Å². The fourth-order valence-electron chi connectivity index (χ4n) is 3.79. The molecule has 1 heterocycles. The number of ether oxygens (including phenoxy) is 2. The van der Waals surface area contributed by atoms with Gasteiger partial charge in [0.15, 0.2) is 0 Å². The first kappa shape index (κ1) is 21.3. The van der Waals surface area contributed by atoms with E-state index >= 15 is 0 Å². The van der Waals surface area contributed by atoms with E-state index in [0.717, 1.165) is 44.0 Å². The van der Waals surface area contributed by atoms with Crippen LogP contribution >= 0.6 is 0 Å². The van der Waals surface area contributed by atoms with Crippen molar-refractivity contribution in [3.8, 4) is 5.75 Å². The number of hydrogen-bond acceptors (Lipinski definition) is 4. The van der Waals surface area contributed by atoms with Gasteiger partial charge in [-0.15, -0.1) is 0 Å². The number of methoxy groups -OCH3 is 1. The number of rotatable bonds is 9. The Morgan fingerprint density at radius 3 is 2.45 bits per heavy atom. The molecule has 2 aromatic carbocycles. The molecule has 2 atom stereocenters. The summed E-state index contributed by atoms with van der Waals surface area (Å²) in [5.41, 5.74) is 2.44. The van der Waals surface area contributed by atoms with Crippen molar-refractivity contribution in [2.75, 3.05) is 40.0 Å². The van der Waals surface area contributed by atoms with E-state index in [1.165, 1.54) is 5.56 Å². The zero-order valence-electron chi connectivity index (χ0n) is 17.5. The average Bonchev–Trinajstić information content (AvgIpc) is 2.78. The number of morpholine rings is 1. The maximum absolute atomic E-state index is 12.6. The molecule has 0 aromatic heterocycles. The van der Waals surface area contributed by atoms with Gasteiger partial charge < -0.3 is 14.8 Å². The summed E-state index contributed by atoms with van der Waals surface area (Å²) >= 11 is 0. The first-order valence-corrected chi connectivity index (χ1v) is 10.4. The van der Waals surface area contributed by atoms with Gasteiger partial charge in [-0.2, -0.15) is 0 Å². The van der Waals surface area contributed by atoms with E-state index in [-0.39, 0.29) is 17.9 Å². The summed E-state index contributed by atoms with van der Waals surface area (Å²) in [6, 6.07) is 18.7. The van der Waals surface area contributed by atoms with Gasteiger partial charge in [0.2, 0.25) is 5.91 Å². The molecule has 2 aromatic rings. The Balaban J connectivity index is 1.55. The average molecular weight is 397 g/mol. The second-order valence-corrected chi connectivity index (χ2v) is 7.67. The number of nitrogens with one attached hydrogen (secondary N) is 1. The quantitative estimate of drug-likeness (QED) is 0.707. The largest absolute Gasteiger partial charge is 0.497 e. The van der Waals surface area contributed by atoms with Gasteiger partial charge in [-0.25, -0.2) is 0 Å². The van der Waals surface area contributed by atoms with Crippen molar-refractivity contribution < 1.29 is 14.3 Å². The third-order valence-corrected chi connectivity index (χ3v) is 5.59. The maximum Gasteiger partial charge on any atom is 0.220 e. The zero-order chi connectivity index (χ0) is 20.5. The summed E-state index contributed by atoms with van der Waals surface area (Å²) in [7, 11) is 1.66. The molecule has 1 amide bonds. The lowest BCUT2D eigenvalue weighted by Crippen LogP contribution is -2.49. The Kier molecular flexibility index (Phi) is 8.08. The van der Waals surface area contributed by atoms with Crippen LogP contribution in [0.25, 0.3) is 0 Å². The van der Waals surface area contributed by atoms with Crippen molar-refractivity contribution >= 4 is 5.91 Å². The highest BCUT2D eigenvalue weighted by molar-refractivity contribution is 5.76. The van der Waals surface area contributed by atoms with Crippen LogP contribution in [0.4, 0.5) is 0 Å². The van der Waals surface area contributed by atoms with Gasteiger partial charge in [-0.1, -0.05) is 49.4 Å². The summed E-state index contributed by atoms with van der Waals surface area (Å²) in [5, 5.41) is 3.18. The van der Waals surface area contributed by atoms with Crippen LogP contribution in [0.5, 0.6) is 5.75 Å². The van der Waals surface area contributed by atoms with Crippen LogP contribution in [0.2, 0.25) is 0 Å². The number of benzene rings is 2. The summed E-state index contributed by atoms with van der Waals surface area (Å²) in [5.74, 6) is 1.09. The Bertz CT molecular complexity index is 742. The molecular weight excluding hydrogens is 364 g/mol. The molecule has 0 saturated carbocycles. The van der Waals surface area contributed by atoms with Crippen molar-refractivity contribution in [1.82, 2.24) is 10.2 Å². The summed E-state index contributed by atoms with van der Waals surface area (Å²) < 4.78 is 10.7. The van der Waals surface area contributed by atoms with Crippen LogP contribution in [-0.4, -0.2) is 56.8 Å². The lowest BCUT2D eigenvalue weighted by atomic mass is 9.97. The molecule has 0 bridgehead atoms. The van der Waals surface area contributed by atoms with E-state index in [1.807, 2.05) is 30.3 Å². The normalized spacial score (nSPS) is 16.8. The number of nitrogens with zero attached hydrogens (tertiary/aromatic N) is 1. The Labute approximate surface area is 174 Å². The molecule has 0 radical (unpaired) electrons.